The van der Waals surface area contributed by atoms with Crippen LogP contribution in [0.25, 0.3) is 44.1 Å². The number of hydrogen-bond donors (Lipinski definition) is 4. The highest BCUT2D eigenvalue weighted by molar-refractivity contribution is 5.95. The topological polar surface area (TPSA) is 176 Å². The number of halogens is 6. The number of anilines is 2. The lowest BCUT2D eigenvalue weighted by atomic mass is 10.0. The number of nitrogens with zero attached hydrogens (tertiary/aromatic N) is 6. The fraction of sp³-hybridized carbons (Fsp3) is 0.317. The number of rotatable bonds is 8. The molecular weight excluding hydrogens is 782 g/mol. The van der Waals surface area contributed by atoms with Gasteiger partial charge in [-0.25, -0.2) is 9.97 Å². The molecule has 0 aliphatic carbocycles. The summed E-state index contributed by atoms with van der Waals surface area (Å²) in [4.78, 5) is 48.2. The van der Waals surface area contributed by atoms with Gasteiger partial charge in [0, 0.05) is 81.7 Å². The number of pyridine rings is 6. The molecule has 6 aromatic rings. The molecule has 18 heteroatoms. The number of aromatic nitrogens is 6. The van der Waals surface area contributed by atoms with Crippen LogP contribution >= 0.6 is 0 Å². The first-order chi connectivity index (χ1) is 27.1. The van der Waals surface area contributed by atoms with Gasteiger partial charge in [-0.3, -0.25) is 29.5 Å². The molecule has 0 saturated carbocycles. The Morgan fingerprint density at radius 3 is 1.15 bits per heavy atom. The summed E-state index contributed by atoms with van der Waals surface area (Å²) in [5.41, 5.74) is 2.17. The molecule has 59 heavy (non-hydrogen) atoms. The van der Waals surface area contributed by atoms with Gasteiger partial charge in [-0.05, 0) is 61.4 Å². The summed E-state index contributed by atoms with van der Waals surface area (Å²) in [6, 6.07) is 9.26. The highest BCUT2D eigenvalue weighted by Gasteiger charge is 2.41. The third kappa shape index (κ3) is 11.1. The van der Waals surface area contributed by atoms with Crippen molar-refractivity contribution < 1.29 is 46.1 Å². The maximum absolute atomic E-state index is 12.7. The van der Waals surface area contributed by atoms with E-state index in [-0.39, 0.29) is 31.1 Å². The van der Waals surface area contributed by atoms with Gasteiger partial charge in [0.25, 0.3) is 0 Å². The normalized spacial score (nSPS) is 12.7. The van der Waals surface area contributed by atoms with E-state index >= 15 is 0 Å². The number of amides is 2. The maximum atomic E-state index is 12.7. The number of carbonyl (C=O) groups is 2. The van der Waals surface area contributed by atoms with Crippen molar-refractivity contribution in [1.82, 2.24) is 29.9 Å². The van der Waals surface area contributed by atoms with E-state index in [1.54, 1.807) is 90.6 Å². The predicted octanol–water partition coefficient (Wildman–Crippen LogP) is 9.02. The number of nitrogens with one attached hydrogen (secondary N) is 2. The molecule has 2 atom stereocenters. The lowest BCUT2D eigenvalue weighted by molar-refractivity contribution is -0.208. The molecule has 6 aromatic heterocycles. The van der Waals surface area contributed by atoms with Crippen molar-refractivity contribution in [3.63, 3.8) is 0 Å². The van der Waals surface area contributed by atoms with Gasteiger partial charge in [0.1, 0.15) is 11.6 Å². The van der Waals surface area contributed by atoms with E-state index in [1.807, 2.05) is 0 Å². The average molecular weight is 825 g/mol. The van der Waals surface area contributed by atoms with Gasteiger partial charge in [0.15, 0.2) is 12.2 Å². The molecule has 0 spiro atoms. The van der Waals surface area contributed by atoms with Crippen molar-refractivity contribution in [2.24, 2.45) is 11.8 Å². The first kappa shape index (κ1) is 45.6. The first-order valence-corrected chi connectivity index (χ1v) is 17.7. The molecule has 0 fully saturated rings. The summed E-state index contributed by atoms with van der Waals surface area (Å²) in [6.45, 7) is 10.4. The molecule has 2 amide bonds. The van der Waals surface area contributed by atoms with Gasteiger partial charge in [-0.2, -0.15) is 26.3 Å². The molecule has 0 aliphatic heterocycles. The van der Waals surface area contributed by atoms with Gasteiger partial charge >= 0.3 is 12.4 Å². The Kier molecular flexibility index (Phi) is 14.1. The Morgan fingerprint density at radius 1 is 0.525 bits per heavy atom. The molecular formula is C41H42F6N8O4. The van der Waals surface area contributed by atoms with Crippen LogP contribution in [0.2, 0.25) is 0 Å². The Hall–Kier alpha value is -6.14. The summed E-state index contributed by atoms with van der Waals surface area (Å²) in [6.07, 6.45) is -5.96. The second kappa shape index (κ2) is 18.2. The number of aryl methyl sites for hydroxylation is 2. The average Bonchev–Trinajstić information content (AvgIpc) is 3.16. The van der Waals surface area contributed by atoms with E-state index in [9.17, 15) is 46.1 Å². The molecule has 0 unspecified atom stereocenters. The smallest absolute Gasteiger partial charge is 0.378 e. The van der Waals surface area contributed by atoms with Crippen LogP contribution in [0.4, 0.5) is 38.0 Å². The van der Waals surface area contributed by atoms with Crippen molar-refractivity contribution in [3.8, 4) is 22.5 Å². The van der Waals surface area contributed by atoms with Gasteiger partial charge in [0.2, 0.25) is 11.8 Å². The van der Waals surface area contributed by atoms with E-state index in [0.717, 1.165) is 21.5 Å². The van der Waals surface area contributed by atoms with Gasteiger partial charge in [-0.1, -0.05) is 35.1 Å². The number of fused-ring (bicyclic) bond motifs is 2. The molecule has 0 saturated heterocycles. The van der Waals surface area contributed by atoms with Crippen LogP contribution in [0.3, 0.4) is 0 Å². The van der Waals surface area contributed by atoms with Crippen LogP contribution < -0.4 is 10.6 Å². The molecule has 12 nitrogen and oxygen atoms in total. The number of hydrogen-bond acceptors (Lipinski definition) is 10. The van der Waals surface area contributed by atoms with Gasteiger partial charge in [-0.15, -0.1) is 0 Å². The lowest BCUT2D eigenvalue weighted by Crippen LogP contribution is -2.21. The summed E-state index contributed by atoms with van der Waals surface area (Å²) < 4.78 is 76.1. The first-order valence-electron chi connectivity index (χ1n) is 17.7. The fourth-order valence-corrected chi connectivity index (χ4v) is 5.37. The number of carbonyl (C=O) groups excluding carboxylic acids is 2. The highest BCUT2D eigenvalue weighted by atomic mass is 19.4. The van der Waals surface area contributed by atoms with Crippen LogP contribution in [0.1, 0.15) is 69.8 Å². The van der Waals surface area contributed by atoms with E-state index in [4.69, 9.17) is 0 Å². The van der Waals surface area contributed by atoms with Gasteiger partial charge in [0.05, 0.1) is 22.8 Å². The second-order valence-electron chi connectivity index (χ2n) is 14.0. The number of aliphatic hydroxyl groups is 2. The van der Waals surface area contributed by atoms with Crippen LogP contribution in [-0.4, -0.2) is 64.3 Å². The lowest BCUT2D eigenvalue weighted by Gasteiger charge is -2.15. The molecule has 0 aromatic carbocycles. The Morgan fingerprint density at radius 2 is 0.847 bits per heavy atom. The summed E-state index contributed by atoms with van der Waals surface area (Å²) in [5.74, 6) is 0.168. The second-order valence-corrected chi connectivity index (χ2v) is 14.0. The van der Waals surface area contributed by atoms with Crippen LogP contribution in [0.5, 0.6) is 0 Å². The molecule has 6 heterocycles. The minimum atomic E-state index is -4.78. The minimum absolute atomic E-state index is 0. The summed E-state index contributed by atoms with van der Waals surface area (Å²) in [7, 11) is 0. The van der Waals surface area contributed by atoms with Crippen molar-refractivity contribution in [2.45, 2.75) is 73.5 Å². The molecule has 0 radical (unpaired) electrons. The van der Waals surface area contributed by atoms with E-state index in [0.29, 0.717) is 45.3 Å². The molecule has 312 valence electrons. The fourth-order valence-electron chi connectivity index (χ4n) is 5.37. The third-order valence-corrected chi connectivity index (χ3v) is 8.75. The van der Waals surface area contributed by atoms with Crippen LogP contribution in [-0.2, 0) is 9.59 Å². The SMILES string of the molecule is C.Cc1cc([C@@H](O)C(F)(F)F)ncc1-c1cc2cnc(NC(=O)C(C)C)cc2cn1.Cc1cc([C@H](O)C(F)(F)F)ncc1-c1cc2cnc(NC(=O)C(C)C)cc2cn1. The standard InChI is InChI=1S/2C20H19F3N4O2.CH4/c2*1-10(2)19(29)27-17-6-13-7-24-15(5-12(13)8-26-17)14-9-25-16(4-11(14)3)18(28)20(21,22)23;/h2*4-10,18,28H,1-3H3,(H,26,27,29);1H4/t2*18-;/m10./s1. The molecule has 4 N–H and O–H groups in total. The van der Waals surface area contributed by atoms with Crippen LogP contribution in [0, 0.1) is 25.7 Å². The Bertz CT molecular complexity index is 2310. The Balaban J connectivity index is 0.000000256. The monoisotopic (exact) mass is 824 g/mol. The Labute approximate surface area is 335 Å². The number of alkyl halides is 6. The van der Waals surface area contributed by atoms with Gasteiger partial charge < -0.3 is 20.8 Å². The zero-order valence-electron chi connectivity index (χ0n) is 31.9. The van der Waals surface area contributed by atoms with Crippen molar-refractivity contribution in [2.75, 3.05) is 10.6 Å². The zero-order valence-corrected chi connectivity index (χ0v) is 31.9. The molecule has 0 bridgehead atoms. The van der Waals surface area contributed by atoms with E-state index < -0.39 is 35.9 Å². The summed E-state index contributed by atoms with van der Waals surface area (Å²) in [5, 5.41) is 27.1. The summed E-state index contributed by atoms with van der Waals surface area (Å²) >= 11 is 0. The third-order valence-electron chi connectivity index (χ3n) is 8.75. The number of aliphatic hydroxyl groups excluding tert-OH is 2. The minimum Gasteiger partial charge on any atom is -0.378 e. The van der Waals surface area contributed by atoms with Crippen LogP contribution in [0.15, 0.2) is 73.6 Å². The largest absolute Gasteiger partial charge is 0.420 e. The quantitative estimate of drug-likeness (QED) is 0.108. The highest BCUT2D eigenvalue weighted by Crippen LogP contribution is 2.35. The maximum Gasteiger partial charge on any atom is 0.420 e. The predicted molar refractivity (Wildman–Crippen MR) is 211 cm³/mol. The molecule has 6 rings (SSSR count). The van der Waals surface area contributed by atoms with Crippen molar-refractivity contribution >= 4 is 45.0 Å². The molecule has 0 aliphatic rings. The van der Waals surface area contributed by atoms with Crippen molar-refractivity contribution in [3.05, 3.63) is 96.1 Å². The van der Waals surface area contributed by atoms with E-state index in [2.05, 4.69) is 40.5 Å². The zero-order chi connectivity index (χ0) is 42.7. The van der Waals surface area contributed by atoms with Crippen molar-refractivity contribution in [1.29, 1.82) is 0 Å². The van der Waals surface area contributed by atoms with E-state index in [1.165, 1.54) is 24.5 Å².